The molecule has 2 heterocycles. The van der Waals surface area contributed by atoms with Gasteiger partial charge in [-0.05, 0) is 18.6 Å². The van der Waals surface area contributed by atoms with E-state index in [1.807, 2.05) is 0 Å². The maximum atomic E-state index is 12.9. The molecule has 0 spiro atoms. The lowest BCUT2D eigenvalue weighted by molar-refractivity contribution is -0.136. The summed E-state index contributed by atoms with van der Waals surface area (Å²) in [6.07, 6.45) is 0.186. The minimum Gasteiger partial charge on any atom is -0.382 e. The first-order valence-corrected chi connectivity index (χ1v) is 9.30. The van der Waals surface area contributed by atoms with Crippen molar-refractivity contribution in [1.29, 1.82) is 0 Å². The van der Waals surface area contributed by atoms with Gasteiger partial charge in [-0.3, -0.25) is 34.2 Å². The first kappa shape index (κ1) is 20.5. The van der Waals surface area contributed by atoms with Crippen LogP contribution in [0.1, 0.15) is 40.5 Å². The highest BCUT2D eigenvalue weighted by Gasteiger charge is 2.45. The Balaban J connectivity index is 1.63. The first-order chi connectivity index (χ1) is 13.9. The number of fused-ring (bicyclic) bond motifs is 1. The second kappa shape index (κ2) is 8.82. The van der Waals surface area contributed by atoms with Gasteiger partial charge in [-0.15, -0.1) is 0 Å². The van der Waals surface area contributed by atoms with Crippen LogP contribution in [-0.4, -0.2) is 66.8 Å². The van der Waals surface area contributed by atoms with E-state index in [9.17, 15) is 24.0 Å². The molecule has 5 amide bonds. The molecule has 1 unspecified atom stereocenters. The molecular weight excluding hydrogens is 380 g/mol. The summed E-state index contributed by atoms with van der Waals surface area (Å²) in [4.78, 5) is 60.8. The minimum absolute atomic E-state index is 0.0742. The van der Waals surface area contributed by atoms with Crippen molar-refractivity contribution >= 4 is 35.2 Å². The van der Waals surface area contributed by atoms with Crippen molar-refractivity contribution < 1.29 is 28.7 Å². The number of carbonyl (C=O) groups excluding carboxylic acids is 5. The topological polar surface area (TPSA) is 134 Å². The molecule has 10 heteroatoms. The summed E-state index contributed by atoms with van der Waals surface area (Å²) in [7, 11) is 0. The summed E-state index contributed by atoms with van der Waals surface area (Å²) < 4.78 is 5.39. The summed E-state index contributed by atoms with van der Waals surface area (Å²) in [5.74, 6) is -2.29. The van der Waals surface area contributed by atoms with Crippen LogP contribution in [0.4, 0.5) is 5.69 Å². The van der Waals surface area contributed by atoms with Crippen LogP contribution in [0.15, 0.2) is 18.2 Å². The molecule has 2 aliphatic rings. The third-order valence-corrected chi connectivity index (χ3v) is 4.65. The van der Waals surface area contributed by atoms with Gasteiger partial charge < -0.3 is 15.4 Å². The zero-order valence-corrected chi connectivity index (χ0v) is 15.9. The summed E-state index contributed by atoms with van der Waals surface area (Å²) in [5.41, 5.74) is 0.901. The number of ether oxygens (including phenoxy) is 1. The molecule has 154 valence electrons. The summed E-state index contributed by atoms with van der Waals surface area (Å²) in [5, 5.41) is 7.86. The maximum Gasteiger partial charge on any atom is 0.264 e. The van der Waals surface area contributed by atoms with Crippen LogP contribution in [0, 0.1) is 0 Å². The van der Waals surface area contributed by atoms with Gasteiger partial charge in [0.25, 0.3) is 11.8 Å². The number of benzene rings is 1. The fourth-order valence-electron chi connectivity index (χ4n) is 3.32. The molecule has 0 saturated carbocycles. The number of nitrogens with zero attached hydrogens (tertiary/aromatic N) is 1. The molecule has 0 aliphatic carbocycles. The third-order valence-electron chi connectivity index (χ3n) is 4.65. The Kier molecular flexibility index (Phi) is 6.23. The van der Waals surface area contributed by atoms with Crippen LogP contribution in [0.25, 0.3) is 0 Å². The van der Waals surface area contributed by atoms with Gasteiger partial charge in [-0.1, -0.05) is 6.07 Å². The predicted octanol–water partition coefficient (Wildman–Crippen LogP) is -0.348. The Hall–Kier alpha value is -3.27. The smallest absolute Gasteiger partial charge is 0.264 e. The van der Waals surface area contributed by atoms with E-state index in [0.29, 0.717) is 32.0 Å². The Morgan fingerprint density at radius 3 is 2.66 bits per heavy atom. The van der Waals surface area contributed by atoms with Gasteiger partial charge >= 0.3 is 0 Å². The molecule has 0 radical (unpaired) electrons. The SMILES string of the molecule is CC(=O)NCCOCCNc1cccc2c1C(=O)N(C1CCC(=O)NC1=O)C2=O. The lowest BCUT2D eigenvalue weighted by atomic mass is 10.0. The highest BCUT2D eigenvalue weighted by atomic mass is 16.5. The molecule has 1 aromatic carbocycles. The fourth-order valence-corrected chi connectivity index (χ4v) is 3.32. The predicted molar refractivity (Wildman–Crippen MR) is 101 cm³/mol. The van der Waals surface area contributed by atoms with Crippen LogP contribution < -0.4 is 16.0 Å². The van der Waals surface area contributed by atoms with Crippen LogP contribution in [0.5, 0.6) is 0 Å². The standard InChI is InChI=1S/C19H22N4O6/c1-11(24)20-7-9-29-10-8-21-13-4-2-3-12-16(13)19(28)23(18(12)27)14-5-6-15(25)22-17(14)26/h2-4,14,21H,5-10H2,1H3,(H,20,24)(H,22,25,26). The Morgan fingerprint density at radius 2 is 1.93 bits per heavy atom. The first-order valence-electron chi connectivity index (χ1n) is 9.30. The van der Waals surface area contributed by atoms with E-state index >= 15 is 0 Å². The number of imide groups is 2. The Morgan fingerprint density at radius 1 is 1.17 bits per heavy atom. The Bertz CT molecular complexity index is 868. The summed E-state index contributed by atoms with van der Waals surface area (Å²) >= 11 is 0. The van der Waals surface area contributed by atoms with Crippen LogP contribution in [0.2, 0.25) is 0 Å². The highest BCUT2D eigenvalue weighted by molar-refractivity contribution is 6.25. The summed E-state index contributed by atoms with van der Waals surface area (Å²) in [6.45, 7) is 2.91. The van der Waals surface area contributed by atoms with Crippen molar-refractivity contribution in [3.8, 4) is 0 Å². The van der Waals surface area contributed by atoms with Crippen molar-refractivity contribution in [2.45, 2.75) is 25.8 Å². The van der Waals surface area contributed by atoms with Crippen molar-refractivity contribution in [2.24, 2.45) is 0 Å². The van der Waals surface area contributed by atoms with Crippen LogP contribution in [0.3, 0.4) is 0 Å². The van der Waals surface area contributed by atoms with E-state index < -0.39 is 29.7 Å². The van der Waals surface area contributed by atoms with Crippen molar-refractivity contribution in [1.82, 2.24) is 15.5 Å². The number of piperidine rings is 1. The van der Waals surface area contributed by atoms with E-state index in [1.165, 1.54) is 13.0 Å². The van der Waals surface area contributed by atoms with Gasteiger partial charge in [0.1, 0.15) is 6.04 Å². The Labute approximate surface area is 166 Å². The van der Waals surface area contributed by atoms with Gasteiger partial charge in [-0.25, -0.2) is 0 Å². The minimum atomic E-state index is -0.995. The van der Waals surface area contributed by atoms with Crippen molar-refractivity contribution in [2.75, 3.05) is 31.6 Å². The lowest BCUT2D eigenvalue weighted by Gasteiger charge is -2.27. The van der Waals surface area contributed by atoms with Crippen LogP contribution >= 0.6 is 0 Å². The fraction of sp³-hybridized carbons (Fsp3) is 0.421. The number of hydrogen-bond acceptors (Lipinski definition) is 7. The van der Waals surface area contributed by atoms with E-state index in [0.717, 1.165) is 4.90 Å². The zero-order chi connectivity index (χ0) is 21.0. The zero-order valence-electron chi connectivity index (χ0n) is 15.9. The number of nitrogens with one attached hydrogen (secondary N) is 3. The van der Waals surface area contributed by atoms with E-state index in [-0.39, 0.29) is 29.9 Å². The molecule has 1 saturated heterocycles. The largest absolute Gasteiger partial charge is 0.382 e. The van der Waals surface area contributed by atoms with Gasteiger partial charge in [-0.2, -0.15) is 0 Å². The van der Waals surface area contributed by atoms with E-state index in [2.05, 4.69) is 16.0 Å². The average molecular weight is 402 g/mol. The number of hydrogen-bond donors (Lipinski definition) is 3. The second-order valence-corrected chi connectivity index (χ2v) is 6.70. The van der Waals surface area contributed by atoms with Gasteiger partial charge in [0.05, 0.1) is 24.3 Å². The number of anilines is 1. The molecule has 10 nitrogen and oxygen atoms in total. The molecule has 0 aromatic heterocycles. The maximum absolute atomic E-state index is 12.9. The summed E-state index contributed by atoms with van der Waals surface area (Å²) in [6, 6.07) is 3.87. The molecule has 1 atom stereocenters. The number of amides is 5. The monoisotopic (exact) mass is 402 g/mol. The van der Waals surface area contributed by atoms with Gasteiger partial charge in [0.2, 0.25) is 17.7 Å². The van der Waals surface area contributed by atoms with E-state index in [1.54, 1.807) is 12.1 Å². The molecule has 3 rings (SSSR count). The molecular formula is C19H22N4O6. The number of rotatable bonds is 8. The molecule has 1 aromatic rings. The quantitative estimate of drug-likeness (QED) is 0.400. The number of carbonyl (C=O) groups is 5. The second-order valence-electron chi connectivity index (χ2n) is 6.70. The van der Waals surface area contributed by atoms with Gasteiger partial charge in [0.15, 0.2) is 0 Å². The molecule has 3 N–H and O–H groups in total. The molecule has 0 bridgehead atoms. The molecule has 1 fully saturated rings. The van der Waals surface area contributed by atoms with E-state index in [4.69, 9.17) is 4.74 Å². The van der Waals surface area contributed by atoms with Crippen molar-refractivity contribution in [3.05, 3.63) is 29.3 Å². The van der Waals surface area contributed by atoms with Crippen molar-refractivity contribution in [3.63, 3.8) is 0 Å². The molecule has 29 heavy (non-hydrogen) atoms. The van der Waals surface area contributed by atoms with Gasteiger partial charge in [0, 0.05) is 32.1 Å². The third kappa shape index (κ3) is 4.43. The highest BCUT2D eigenvalue weighted by Crippen LogP contribution is 2.32. The lowest BCUT2D eigenvalue weighted by Crippen LogP contribution is -2.54. The normalized spacial score (nSPS) is 18.5. The molecule has 2 aliphatic heterocycles. The average Bonchev–Trinajstić information content (AvgIpc) is 2.92. The van der Waals surface area contributed by atoms with Crippen LogP contribution in [-0.2, 0) is 19.1 Å².